The molecule has 0 bridgehead atoms. The van der Waals surface area contributed by atoms with E-state index < -0.39 is 0 Å². The van der Waals surface area contributed by atoms with Crippen LogP contribution in [0.25, 0.3) is 11.0 Å². The van der Waals surface area contributed by atoms with Gasteiger partial charge in [0.25, 0.3) is 0 Å². The highest BCUT2D eigenvalue weighted by Crippen LogP contribution is 2.34. The highest BCUT2D eigenvalue weighted by molar-refractivity contribution is 5.97. The van der Waals surface area contributed by atoms with Crippen molar-refractivity contribution in [1.82, 2.24) is 14.5 Å². The SMILES string of the molecule is Cc1ccc(N2C[C@@H](c3nc4ccccc4n3CCN3CCOCC3)CC2=O)c(C)c1. The van der Waals surface area contributed by atoms with Crippen molar-refractivity contribution in [3.05, 3.63) is 59.4 Å². The number of carbonyl (C=O) groups is 1. The van der Waals surface area contributed by atoms with Crippen molar-refractivity contribution < 1.29 is 9.53 Å². The lowest BCUT2D eigenvalue weighted by molar-refractivity contribution is -0.117. The molecule has 1 atom stereocenters. The number of hydrogen-bond donors (Lipinski definition) is 0. The number of aryl methyl sites for hydroxylation is 2. The van der Waals surface area contributed by atoms with E-state index in [1.165, 1.54) is 5.56 Å². The van der Waals surface area contributed by atoms with Gasteiger partial charge in [-0.1, -0.05) is 29.8 Å². The van der Waals surface area contributed by atoms with Gasteiger partial charge in [-0.2, -0.15) is 0 Å². The van der Waals surface area contributed by atoms with Gasteiger partial charge in [0.15, 0.2) is 0 Å². The summed E-state index contributed by atoms with van der Waals surface area (Å²) >= 11 is 0. The summed E-state index contributed by atoms with van der Waals surface area (Å²) in [5, 5.41) is 0. The fourth-order valence-electron chi connectivity index (χ4n) is 4.93. The lowest BCUT2D eigenvalue weighted by Crippen LogP contribution is -2.38. The van der Waals surface area contributed by atoms with E-state index in [0.717, 1.165) is 67.5 Å². The van der Waals surface area contributed by atoms with Crippen LogP contribution >= 0.6 is 0 Å². The number of fused-ring (bicyclic) bond motifs is 1. The van der Waals surface area contributed by atoms with Crippen molar-refractivity contribution in [2.45, 2.75) is 32.7 Å². The third-order valence-electron chi connectivity index (χ3n) is 6.56. The number of anilines is 1. The zero-order chi connectivity index (χ0) is 21.4. The zero-order valence-electron chi connectivity index (χ0n) is 18.4. The summed E-state index contributed by atoms with van der Waals surface area (Å²) in [6.45, 7) is 10.3. The summed E-state index contributed by atoms with van der Waals surface area (Å²) in [5.74, 6) is 1.32. The molecule has 2 saturated heterocycles. The topological polar surface area (TPSA) is 50.6 Å². The summed E-state index contributed by atoms with van der Waals surface area (Å²) < 4.78 is 7.83. The molecule has 3 aromatic rings. The summed E-state index contributed by atoms with van der Waals surface area (Å²) in [6.07, 6.45) is 0.508. The Morgan fingerprint density at radius 2 is 1.87 bits per heavy atom. The maximum absolute atomic E-state index is 13.0. The van der Waals surface area contributed by atoms with E-state index in [4.69, 9.17) is 9.72 Å². The second kappa shape index (κ2) is 8.44. The van der Waals surface area contributed by atoms with E-state index >= 15 is 0 Å². The number of rotatable bonds is 5. The highest BCUT2D eigenvalue weighted by atomic mass is 16.5. The van der Waals surface area contributed by atoms with Gasteiger partial charge >= 0.3 is 0 Å². The molecule has 1 aromatic heterocycles. The van der Waals surface area contributed by atoms with Crippen molar-refractivity contribution >= 4 is 22.6 Å². The number of ether oxygens (including phenoxy) is 1. The molecule has 31 heavy (non-hydrogen) atoms. The second-order valence-corrected chi connectivity index (χ2v) is 8.76. The molecule has 0 radical (unpaired) electrons. The molecule has 0 N–H and O–H groups in total. The lowest BCUT2D eigenvalue weighted by atomic mass is 10.1. The molecule has 1 amide bonds. The van der Waals surface area contributed by atoms with Gasteiger partial charge in [-0.3, -0.25) is 9.69 Å². The molecule has 0 spiro atoms. The van der Waals surface area contributed by atoms with Crippen molar-refractivity contribution in [3.63, 3.8) is 0 Å². The van der Waals surface area contributed by atoms with Crippen molar-refractivity contribution in [2.75, 3.05) is 44.3 Å². The standard InChI is InChI=1S/C25H30N4O2/c1-18-7-8-22(19(2)15-18)29-17-20(16-24(29)30)25-26-21-5-3-4-6-23(21)28(25)10-9-27-11-13-31-14-12-27/h3-8,15,20H,9-14,16-17H2,1-2H3/t20-/m0/s1. The van der Waals surface area contributed by atoms with Crippen molar-refractivity contribution in [2.24, 2.45) is 0 Å². The third-order valence-corrected chi connectivity index (χ3v) is 6.56. The number of morpholine rings is 1. The number of imidazole rings is 1. The Balaban J connectivity index is 1.43. The van der Waals surface area contributed by atoms with Gasteiger partial charge in [-0.25, -0.2) is 4.98 Å². The Morgan fingerprint density at radius 1 is 1.06 bits per heavy atom. The van der Waals surface area contributed by atoms with Crippen LogP contribution in [-0.4, -0.2) is 59.8 Å². The summed E-state index contributed by atoms with van der Waals surface area (Å²) in [6, 6.07) is 14.6. The minimum absolute atomic E-state index is 0.102. The van der Waals surface area contributed by atoms with Crippen LogP contribution in [0.2, 0.25) is 0 Å². The molecule has 2 fully saturated rings. The zero-order valence-corrected chi connectivity index (χ0v) is 18.4. The van der Waals surface area contributed by atoms with E-state index in [9.17, 15) is 4.79 Å². The number of hydrogen-bond acceptors (Lipinski definition) is 4. The predicted octanol–water partition coefficient (Wildman–Crippen LogP) is 3.51. The monoisotopic (exact) mass is 418 g/mol. The minimum atomic E-state index is 0.102. The number of nitrogens with zero attached hydrogens (tertiary/aromatic N) is 4. The predicted molar refractivity (Wildman–Crippen MR) is 123 cm³/mol. The molecular formula is C25H30N4O2. The maximum atomic E-state index is 13.0. The molecule has 6 nitrogen and oxygen atoms in total. The Labute approximate surface area is 183 Å². The van der Waals surface area contributed by atoms with Crippen LogP contribution in [0, 0.1) is 13.8 Å². The van der Waals surface area contributed by atoms with Crippen LogP contribution in [0.5, 0.6) is 0 Å². The van der Waals surface area contributed by atoms with Crippen LogP contribution < -0.4 is 4.90 Å². The summed E-state index contributed by atoms with van der Waals surface area (Å²) in [7, 11) is 0. The average molecular weight is 419 g/mol. The fraction of sp³-hybridized carbons (Fsp3) is 0.440. The number of aromatic nitrogens is 2. The van der Waals surface area contributed by atoms with Gasteiger partial charge in [0.1, 0.15) is 5.82 Å². The Morgan fingerprint density at radius 3 is 2.68 bits per heavy atom. The molecule has 0 aliphatic carbocycles. The van der Waals surface area contributed by atoms with E-state index in [1.807, 2.05) is 11.0 Å². The molecule has 6 heteroatoms. The first-order valence-corrected chi connectivity index (χ1v) is 11.2. The molecule has 0 unspecified atom stereocenters. The van der Waals surface area contributed by atoms with Crippen LogP contribution in [0.1, 0.15) is 29.3 Å². The normalized spacial score (nSPS) is 20.1. The van der Waals surface area contributed by atoms with Gasteiger partial charge in [0, 0.05) is 50.7 Å². The van der Waals surface area contributed by atoms with Crippen LogP contribution in [0.4, 0.5) is 5.69 Å². The number of carbonyl (C=O) groups excluding carboxylic acids is 1. The molecule has 2 aliphatic heterocycles. The largest absolute Gasteiger partial charge is 0.379 e. The fourth-order valence-corrected chi connectivity index (χ4v) is 4.93. The van der Waals surface area contributed by atoms with Gasteiger partial charge in [0.2, 0.25) is 5.91 Å². The molecule has 3 heterocycles. The van der Waals surface area contributed by atoms with Crippen LogP contribution in [-0.2, 0) is 16.1 Å². The second-order valence-electron chi connectivity index (χ2n) is 8.76. The number of benzene rings is 2. The lowest BCUT2D eigenvalue weighted by Gasteiger charge is -2.27. The molecule has 0 saturated carbocycles. The third kappa shape index (κ3) is 3.98. The van der Waals surface area contributed by atoms with E-state index in [-0.39, 0.29) is 11.8 Å². The van der Waals surface area contributed by atoms with Gasteiger partial charge in [-0.15, -0.1) is 0 Å². The van der Waals surface area contributed by atoms with Gasteiger partial charge in [0.05, 0.1) is 24.2 Å². The van der Waals surface area contributed by atoms with Crippen LogP contribution in [0.3, 0.4) is 0 Å². The smallest absolute Gasteiger partial charge is 0.227 e. The maximum Gasteiger partial charge on any atom is 0.227 e. The summed E-state index contributed by atoms with van der Waals surface area (Å²) in [4.78, 5) is 22.4. The van der Waals surface area contributed by atoms with Gasteiger partial charge in [-0.05, 0) is 37.6 Å². The molecule has 2 aromatic carbocycles. The Bertz CT molecular complexity index is 1100. The molecular weight excluding hydrogens is 388 g/mol. The van der Waals surface area contributed by atoms with E-state index in [0.29, 0.717) is 13.0 Å². The number of para-hydroxylation sites is 2. The van der Waals surface area contributed by atoms with Gasteiger partial charge < -0.3 is 14.2 Å². The molecule has 162 valence electrons. The quantitative estimate of drug-likeness (QED) is 0.636. The van der Waals surface area contributed by atoms with Crippen molar-refractivity contribution in [1.29, 1.82) is 0 Å². The van der Waals surface area contributed by atoms with Crippen LogP contribution in [0.15, 0.2) is 42.5 Å². The first-order valence-electron chi connectivity index (χ1n) is 11.2. The number of amides is 1. The first kappa shape index (κ1) is 20.2. The summed E-state index contributed by atoms with van der Waals surface area (Å²) in [5.41, 5.74) is 5.55. The molecule has 2 aliphatic rings. The Kier molecular flexibility index (Phi) is 5.50. The first-order chi connectivity index (χ1) is 15.1. The van der Waals surface area contributed by atoms with E-state index in [2.05, 4.69) is 59.7 Å². The van der Waals surface area contributed by atoms with E-state index in [1.54, 1.807) is 0 Å². The molecule has 5 rings (SSSR count). The Hall–Kier alpha value is -2.70. The minimum Gasteiger partial charge on any atom is -0.379 e. The highest BCUT2D eigenvalue weighted by Gasteiger charge is 2.35. The van der Waals surface area contributed by atoms with Crippen molar-refractivity contribution in [3.8, 4) is 0 Å². The average Bonchev–Trinajstić information content (AvgIpc) is 3.33.